The first kappa shape index (κ1) is 25.9. The van der Waals surface area contributed by atoms with Crippen LogP contribution < -0.4 is 24.8 Å². The fraction of sp³-hybridized carbons (Fsp3) is 0.733. The zero-order valence-electron chi connectivity index (χ0n) is 14.4. The van der Waals surface area contributed by atoms with Crippen molar-refractivity contribution in [2.24, 2.45) is 5.92 Å². The van der Waals surface area contributed by atoms with Gasteiger partial charge in [-0.05, 0) is 0 Å². The van der Waals surface area contributed by atoms with E-state index in [4.69, 9.17) is 0 Å². The van der Waals surface area contributed by atoms with E-state index in [0.717, 1.165) is 0 Å². The molecule has 0 aliphatic heterocycles. The molecule has 0 amide bonds. The van der Waals surface area contributed by atoms with Crippen LogP contribution in [0, 0.1) is 5.92 Å². The molecule has 0 saturated carbocycles. The van der Waals surface area contributed by atoms with Crippen molar-refractivity contribution in [3.05, 3.63) is 25.6 Å². The van der Waals surface area contributed by atoms with E-state index >= 15 is 0 Å². The third-order valence-corrected chi connectivity index (χ3v) is 5.84. The zero-order valence-corrected chi connectivity index (χ0v) is 18.6. The number of halogens is 2. The van der Waals surface area contributed by atoms with Crippen LogP contribution in [0.3, 0.4) is 0 Å². The largest absolute Gasteiger partial charge is 1.00 e. The van der Waals surface area contributed by atoms with Gasteiger partial charge in [-0.1, -0.05) is 42.8 Å². The average Bonchev–Trinajstić information content (AvgIpc) is 2.34. The van der Waals surface area contributed by atoms with Gasteiger partial charge in [0.05, 0.1) is 0 Å². The first-order valence-corrected chi connectivity index (χ1v) is 10.4. The van der Waals surface area contributed by atoms with E-state index in [1.165, 1.54) is 11.1 Å². The first-order chi connectivity index (χ1) is 7.97. The molecule has 116 valence electrons. The Balaban J connectivity index is -0.000000269. The third kappa shape index (κ3) is 9.07. The molecule has 0 aromatic heterocycles. The smallest absolute Gasteiger partial charge is 0.0794 e. The van der Waals surface area contributed by atoms with Gasteiger partial charge in [-0.2, -0.15) is 0 Å². The Morgan fingerprint density at radius 1 is 1.00 bits per heavy atom. The molecule has 0 saturated heterocycles. The van der Waals surface area contributed by atoms with E-state index < -0.39 is 8.96 Å². The average molecular weight is 370 g/mol. The molecular formula is C15H29Cl2NSiTi. The third-order valence-electron chi connectivity index (χ3n) is 3.29. The van der Waals surface area contributed by atoms with Crippen molar-refractivity contribution in [1.29, 1.82) is 0 Å². The summed E-state index contributed by atoms with van der Waals surface area (Å²) < 4.78 is 1.55. The Labute approximate surface area is 152 Å². The Morgan fingerprint density at radius 3 is 1.45 bits per heavy atom. The van der Waals surface area contributed by atoms with Gasteiger partial charge in [-0.3, -0.25) is 0 Å². The normalized spacial score (nSPS) is 18.5. The van der Waals surface area contributed by atoms with Crippen LogP contribution in [0.25, 0.3) is 4.98 Å². The second kappa shape index (κ2) is 10.6. The Morgan fingerprint density at radius 2 is 1.40 bits per heavy atom. The summed E-state index contributed by atoms with van der Waals surface area (Å²) >= 11 is 2.24. The van der Waals surface area contributed by atoms with E-state index in [9.17, 15) is 0 Å². The number of allylic oxidation sites excluding steroid dienone is 4. The first-order valence-electron chi connectivity index (χ1n) is 6.79. The molecule has 0 N–H and O–H groups in total. The predicted molar refractivity (Wildman–Crippen MR) is 82.2 cm³/mol. The van der Waals surface area contributed by atoms with Gasteiger partial charge in [0.25, 0.3) is 0 Å². The van der Waals surface area contributed by atoms with Crippen LogP contribution >= 0.6 is 0 Å². The molecule has 1 aliphatic carbocycles. The molecule has 5 heteroatoms. The van der Waals surface area contributed by atoms with Crippen LogP contribution in [0.1, 0.15) is 48.5 Å². The van der Waals surface area contributed by atoms with Gasteiger partial charge in [-0.25, -0.2) is 0 Å². The van der Waals surface area contributed by atoms with Crippen LogP contribution in [-0.2, 0) is 20.4 Å². The second-order valence-electron chi connectivity index (χ2n) is 6.46. The molecule has 1 unspecified atom stereocenters. The summed E-state index contributed by atoms with van der Waals surface area (Å²) in [7, 11) is -0.671. The van der Waals surface area contributed by atoms with Gasteiger partial charge in [0.1, 0.15) is 0 Å². The van der Waals surface area contributed by atoms with Crippen molar-refractivity contribution in [2.45, 2.75) is 67.1 Å². The number of rotatable bonds is 1. The summed E-state index contributed by atoms with van der Waals surface area (Å²) in [5.41, 5.74) is 4.77. The Bertz CT molecular complexity index is 333. The second-order valence-corrected chi connectivity index (χ2v) is 9.75. The standard InChI is InChI=1S/C9H13.C6H16NSi.2ClH.Ti/c1-6-5-7(2)9(4)8(6)3;1-6(2,3)7-8(4)5;;;/h6H,1-4H3;8H,1-5H3;2*1H;/q;-1;;;+3/p-2. The molecule has 0 aromatic carbocycles. The van der Waals surface area contributed by atoms with Crippen molar-refractivity contribution in [3.8, 4) is 0 Å². The molecular weight excluding hydrogens is 341 g/mol. The molecule has 0 spiro atoms. The SMILES string of the molecule is CC1=C(C)C(C)[C]([Ti+3])=C1C.C[SiH](C)[N-]C(C)(C)C.[Cl-].[Cl-]. The molecule has 1 rings (SSSR count). The maximum Gasteiger partial charge on any atom is -0.0794 e. The van der Waals surface area contributed by atoms with Crippen LogP contribution in [0.2, 0.25) is 13.1 Å². The molecule has 20 heavy (non-hydrogen) atoms. The maximum atomic E-state index is 4.55. The van der Waals surface area contributed by atoms with Crippen molar-refractivity contribution in [3.63, 3.8) is 0 Å². The Hall–Kier alpha value is 0.951. The minimum Gasteiger partial charge on any atom is -1.00 e. The van der Waals surface area contributed by atoms with Gasteiger partial charge in [-0.15, -0.1) is 5.54 Å². The predicted octanol–water partition coefficient (Wildman–Crippen LogP) is -1.06. The molecule has 1 nitrogen and oxygen atoms in total. The minimum absolute atomic E-state index is 0. The van der Waals surface area contributed by atoms with Crippen LogP contribution in [0.15, 0.2) is 20.6 Å². The minimum atomic E-state index is -0.671. The molecule has 0 fully saturated rings. The van der Waals surface area contributed by atoms with Gasteiger partial charge in [0, 0.05) is 0 Å². The summed E-state index contributed by atoms with van der Waals surface area (Å²) in [6.45, 7) is 19.9. The fourth-order valence-electron chi connectivity index (χ4n) is 2.14. The van der Waals surface area contributed by atoms with Crippen molar-refractivity contribution in [1.82, 2.24) is 0 Å². The molecule has 1 atom stereocenters. The summed E-state index contributed by atoms with van der Waals surface area (Å²) in [4.78, 5) is 4.55. The van der Waals surface area contributed by atoms with E-state index in [0.29, 0.717) is 5.92 Å². The quantitative estimate of drug-likeness (QED) is 0.523. The molecule has 1 aliphatic rings. The summed E-state index contributed by atoms with van der Waals surface area (Å²) in [6, 6.07) is 0. The maximum absolute atomic E-state index is 4.55. The topological polar surface area (TPSA) is 14.1 Å². The Kier molecular flexibility index (Phi) is 13.8. The van der Waals surface area contributed by atoms with Crippen LogP contribution in [0.5, 0.6) is 0 Å². The van der Waals surface area contributed by atoms with Gasteiger partial charge < -0.3 is 29.8 Å². The monoisotopic (exact) mass is 369 g/mol. The molecule has 0 aromatic rings. The van der Waals surface area contributed by atoms with E-state index in [1.54, 1.807) is 9.45 Å². The number of nitrogens with zero attached hydrogens (tertiary/aromatic N) is 1. The summed E-state index contributed by atoms with van der Waals surface area (Å²) in [5.74, 6) is 0.694. The van der Waals surface area contributed by atoms with E-state index in [2.05, 4.69) is 87.0 Å². The molecule has 0 bridgehead atoms. The van der Waals surface area contributed by atoms with E-state index in [1.807, 2.05) is 0 Å². The van der Waals surface area contributed by atoms with E-state index in [-0.39, 0.29) is 30.4 Å². The van der Waals surface area contributed by atoms with Crippen LogP contribution in [-0.4, -0.2) is 14.5 Å². The van der Waals surface area contributed by atoms with Crippen molar-refractivity contribution >= 4 is 8.96 Å². The van der Waals surface area contributed by atoms with Crippen molar-refractivity contribution in [2.75, 3.05) is 0 Å². The summed E-state index contributed by atoms with van der Waals surface area (Å²) in [6.07, 6.45) is 0. The van der Waals surface area contributed by atoms with Crippen molar-refractivity contribution < 1.29 is 45.2 Å². The van der Waals surface area contributed by atoms with Crippen LogP contribution in [0.4, 0.5) is 0 Å². The van der Waals surface area contributed by atoms with Gasteiger partial charge >= 0.3 is 74.6 Å². The number of hydrogen-bond acceptors (Lipinski definition) is 0. The summed E-state index contributed by atoms with van der Waals surface area (Å²) in [5, 5.41) is 0. The zero-order chi connectivity index (χ0) is 14.7. The molecule has 0 radical (unpaired) electrons. The number of hydrogen-bond donors (Lipinski definition) is 0. The van der Waals surface area contributed by atoms with Gasteiger partial charge in [0.2, 0.25) is 0 Å². The fourth-order valence-corrected chi connectivity index (χ4v) is 4.32. The molecule has 0 heterocycles. The van der Waals surface area contributed by atoms with Gasteiger partial charge in [0.15, 0.2) is 0 Å².